The number of nitrogens with zero attached hydrogens (tertiary/aromatic N) is 4. The fourth-order valence-corrected chi connectivity index (χ4v) is 6.83. The molecule has 298 valence electrons. The van der Waals surface area contributed by atoms with Crippen LogP contribution >= 0.6 is 11.8 Å². The van der Waals surface area contributed by atoms with E-state index in [1.54, 1.807) is 25.2 Å². The average molecular weight is 799 g/mol. The van der Waals surface area contributed by atoms with Crippen LogP contribution < -0.4 is 0 Å². The van der Waals surface area contributed by atoms with Crippen LogP contribution in [0.1, 0.15) is 56.2 Å². The second kappa shape index (κ2) is 21.6. The van der Waals surface area contributed by atoms with Crippen LogP contribution in [0.3, 0.4) is 0 Å². The number of allylic oxidation sites excluding steroid dienone is 2. The second-order valence-electron chi connectivity index (χ2n) is 12.3. The molecule has 1 unspecified atom stereocenters. The lowest BCUT2D eigenvalue weighted by molar-refractivity contribution is -0.172. The second-order valence-corrected chi connectivity index (χ2v) is 14.0. The summed E-state index contributed by atoms with van der Waals surface area (Å²) in [5.41, 5.74) is -1.58. The Labute approximate surface area is 326 Å². The van der Waals surface area contributed by atoms with Gasteiger partial charge in [-0.15, -0.1) is 11.8 Å². The van der Waals surface area contributed by atoms with Gasteiger partial charge in [-0.05, 0) is 50.1 Å². The average Bonchev–Trinajstić information content (AvgIpc) is 3.68. The fourth-order valence-electron chi connectivity index (χ4n) is 5.46. The Morgan fingerprint density at radius 3 is 2.46 bits per heavy atom. The maximum absolute atomic E-state index is 15.7. The molecule has 3 aromatic rings. The summed E-state index contributed by atoms with van der Waals surface area (Å²) < 4.78 is 78.4. The van der Waals surface area contributed by atoms with Gasteiger partial charge in [0.2, 0.25) is 6.29 Å². The van der Waals surface area contributed by atoms with E-state index in [2.05, 4.69) is 16.7 Å². The zero-order valence-corrected chi connectivity index (χ0v) is 31.5. The van der Waals surface area contributed by atoms with Gasteiger partial charge in [-0.25, -0.2) is 27.6 Å². The molecule has 0 radical (unpaired) electrons. The van der Waals surface area contributed by atoms with Crippen LogP contribution in [0.2, 0.25) is 0 Å². The fraction of sp³-hybridized carbons (Fsp3) is 0.385. The molecule has 0 N–H and O–H groups in total. The molecule has 2 aromatic carbocycles. The van der Waals surface area contributed by atoms with Crippen LogP contribution in [-0.4, -0.2) is 75.8 Å². The molecule has 2 heterocycles. The molecule has 3 atom stereocenters. The summed E-state index contributed by atoms with van der Waals surface area (Å²) in [6, 6.07) is 8.88. The Kier molecular flexibility index (Phi) is 16.7. The van der Waals surface area contributed by atoms with Gasteiger partial charge in [0.1, 0.15) is 36.7 Å². The van der Waals surface area contributed by atoms with Crippen molar-refractivity contribution in [3.05, 3.63) is 114 Å². The number of hydrogen-bond acceptors (Lipinski definition) is 13. The highest BCUT2D eigenvalue weighted by Gasteiger charge is 2.47. The first-order chi connectivity index (χ1) is 26.9. The topological polar surface area (TPSA) is 161 Å². The van der Waals surface area contributed by atoms with Gasteiger partial charge in [0, 0.05) is 42.2 Å². The molecule has 1 aliphatic rings. The van der Waals surface area contributed by atoms with Gasteiger partial charge in [-0.1, -0.05) is 36.9 Å². The van der Waals surface area contributed by atoms with E-state index in [4.69, 9.17) is 33.7 Å². The Morgan fingerprint density at radius 1 is 1.05 bits per heavy atom. The Hall–Kier alpha value is -5.44. The van der Waals surface area contributed by atoms with Crippen LogP contribution in [-0.2, 0) is 50.2 Å². The number of carbonyl (C=O) groups is 3. The Balaban J connectivity index is 1.42. The molecule has 1 fully saturated rings. The molecule has 1 aliphatic heterocycles. The minimum atomic E-state index is -1.90. The number of benzene rings is 2. The number of thioether (sulfide) groups is 1. The van der Waals surface area contributed by atoms with E-state index in [1.807, 2.05) is 6.07 Å². The number of rotatable bonds is 19. The van der Waals surface area contributed by atoms with Gasteiger partial charge in [-0.3, -0.25) is 9.59 Å². The molecule has 1 saturated heterocycles. The van der Waals surface area contributed by atoms with Crippen molar-refractivity contribution < 1.29 is 56.0 Å². The summed E-state index contributed by atoms with van der Waals surface area (Å²) >= 11 is 1.25. The predicted molar refractivity (Wildman–Crippen MR) is 197 cm³/mol. The van der Waals surface area contributed by atoms with Gasteiger partial charge in [0.15, 0.2) is 11.9 Å². The third kappa shape index (κ3) is 13.1. The maximum atomic E-state index is 15.7. The van der Waals surface area contributed by atoms with E-state index >= 15 is 4.39 Å². The summed E-state index contributed by atoms with van der Waals surface area (Å²) in [5, 5.41) is 11.9. The van der Waals surface area contributed by atoms with Crippen LogP contribution in [0.4, 0.5) is 18.0 Å². The summed E-state index contributed by atoms with van der Waals surface area (Å²) in [7, 11) is 0. The number of unbranched alkanes of at least 4 members (excludes halogenated alkanes) is 1. The highest BCUT2D eigenvalue weighted by Crippen LogP contribution is 2.42. The molecular formula is C39H41F3N4O9S. The van der Waals surface area contributed by atoms with E-state index in [0.717, 1.165) is 18.2 Å². The van der Waals surface area contributed by atoms with E-state index in [0.29, 0.717) is 24.5 Å². The first kappa shape index (κ1) is 43.3. The highest BCUT2D eigenvalue weighted by molar-refractivity contribution is 8.00. The molecule has 4 rings (SSSR count). The van der Waals surface area contributed by atoms with E-state index in [9.17, 15) is 23.2 Å². The third-order valence-electron chi connectivity index (χ3n) is 8.18. The highest BCUT2D eigenvalue weighted by atomic mass is 32.2. The van der Waals surface area contributed by atoms with Crippen molar-refractivity contribution in [1.82, 2.24) is 14.8 Å². The Bertz CT molecular complexity index is 1900. The van der Waals surface area contributed by atoms with Crippen molar-refractivity contribution in [3.63, 3.8) is 0 Å². The molecule has 17 heteroatoms. The largest absolute Gasteiger partial charge is 0.512 e. The lowest BCUT2D eigenvalue weighted by Crippen LogP contribution is -2.47. The van der Waals surface area contributed by atoms with Gasteiger partial charge >= 0.3 is 18.1 Å². The van der Waals surface area contributed by atoms with Crippen LogP contribution in [0.5, 0.6) is 0 Å². The molecule has 1 aromatic heterocycles. The number of esters is 2. The summed E-state index contributed by atoms with van der Waals surface area (Å²) in [6.07, 6.45) is 7.63. The number of hydrogen-bond donors (Lipinski definition) is 0. The number of nitriles is 1. The lowest BCUT2D eigenvalue weighted by Gasteiger charge is -2.40. The Morgan fingerprint density at radius 2 is 1.80 bits per heavy atom. The summed E-state index contributed by atoms with van der Waals surface area (Å²) in [5.74, 6) is -3.53. The van der Waals surface area contributed by atoms with Gasteiger partial charge in [-0.2, -0.15) is 10.4 Å². The normalized spacial score (nSPS) is 17.7. The van der Waals surface area contributed by atoms with Crippen molar-refractivity contribution in [2.45, 2.75) is 74.8 Å². The van der Waals surface area contributed by atoms with Gasteiger partial charge in [0.25, 0.3) is 0 Å². The van der Waals surface area contributed by atoms with E-state index in [-0.39, 0.29) is 55.6 Å². The molecular weight excluding hydrogens is 758 g/mol. The minimum Gasteiger partial charge on any atom is -0.461 e. The molecule has 0 aliphatic carbocycles. The lowest BCUT2D eigenvalue weighted by atomic mass is 9.89. The standard InChI is InChI=1S/C39H41F3N4O9S/c1-4-17-50-35(47)10-6-7-11-36(48)53-27(3)54-38(49)55-39(23-46-25-44-24-45-46,32-16-15-30(40)19-34(32)42)26(2)56-31-21-51-37(52-22-31)12-8-5-9-29-14-13-28(20-43)18-33(29)41/h4-5,8-9,12-16,18-19,24-27,31,37H,1,6-7,10-11,17,21-23H2,2-3H3/b9-5+,12-8+/t26-,27?,31?,37?,39-/m1/s1. The van der Waals surface area contributed by atoms with Crippen LogP contribution in [0.25, 0.3) is 6.08 Å². The number of aromatic nitrogens is 3. The quantitative estimate of drug-likeness (QED) is 0.0307. The first-order valence-corrected chi connectivity index (χ1v) is 18.4. The maximum Gasteiger partial charge on any atom is 0.512 e. The van der Waals surface area contributed by atoms with Crippen molar-refractivity contribution in [2.75, 3.05) is 19.8 Å². The summed E-state index contributed by atoms with van der Waals surface area (Å²) in [6.45, 7) is 6.57. The SMILES string of the molecule is C=CCOC(=O)CCCCC(=O)OC(C)OC(=O)O[C@@](Cn1cncn1)(c1ccc(F)cc1F)[C@@H](C)SC1COC(/C=C/C=C/c2ccc(C#N)cc2F)OC1. The van der Waals surface area contributed by atoms with Crippen LogP contribution in [0.15, 0.2) is 79.9 Å². The smallest absolute Gasteiger partial charge is 0.461 e. The number of ether oxygens (including phenoxy) is 6. The van der Waals surface area contributed by atoms with Crippen molar-refractivity contribution >= 4 is 35.9 Å². The number of carbonyl (C=O) groups excluding carboxylic acids is 3. The minimum absolute atomic E-state index is 0.0698. The van der Waals surface area contributed by atoms with Gasteiger partial charge in [0.05, 0.1) is 36.6 Å². The molecule has 0 amide bonds. The van der Waals surface area contributed by atoms with E-state index in [1.165, 1.54) is 60.3 Å². The molecule has 0 spiro atoms. The molecule has 56 heavy (non-hydrogen) atoms. The van der Waals surface area contributed by atoms with Crippen molar-refractivity contribution in [2.24, 2.45) is 0 Å². The first-order valence-electron chi connectivity index (χ1n) is 17.5. The van der Waals surface area contributed by atoms with Crippen LogP contribution in [0, 0.1) is 28.8 Å². The predicted octanol–water partition coefficient (Wildman–Crippen LogP) is 6.93. The number of halogens is 3. The molecule has 13 nitrogen and oxygen atoms in total. The van der Waals surface area contributed by atoms with Crippen molar-refractivity contribution in [3.8, 4) is 6.07 Å². The zero-order chi connectivity index (χ0) is 40.5. The third-order valence-corrected chi connectivity index (χ3v) is 9.63. The summed E-state index contributed by atoms with van der Waals surface area (Å²) in [4.78, 5) is 41.4. The molecule has 0 saturated carbocycles. The zero-order valence-electron chi connectivity index (χ0n) is 30.7. The monoisotopic (exact) mass is 798 g/mol. The van der Waals surface area contributed by atoms with E-state index < -0.39 is 59.0 Å². The van der Waals surface area contributed by atoms with Crippen molar-refractivity contribution in [1.29, 1.82) is 5.26 Å². The molecule has 0 bridgehead atoms. The van der Waals surface area contributed by atoms with Gasteiger partial charge < -0.3 is 28.4 Å².